The summed E-state index contributed by atoms with van der Waals surface area (Å²) in [5.74, 6) is 0.156. The normalized spacial score (nSPS) is 21.1. The molecule has 1 saturated heterocycles. The summed E-state index contributed by atoms with van der Waals surface area (Å²) in [6.45, 7) is 5.16. The predicted octanol–water partition coefficient (Wildman–Crippen LogP) is 1.33. The first kappa shape index (κ1) is 11.9. The second kappa shape index (κ2) is 4.16. The van der Waals surface area contributed by atoms with E-state index in [1.165, 1.54) is 0 Å². The van der Waals surface area contributed by atoms with Crippen molar-refractivity contribution in [2.24, 2.45) is 11.3 Å². The van der Waals surface area contributed by atoms with Crippen LogP contribution >= 0.6 is 0 Å². The Hall–Kier alpha value is -0.130. The molecule has 0 bridgehead atoms. The Morgan fingerprint density at radius 3 is 2.29 bits per heavy atom. The molecule has 1 aliphatic heterocycles. The molecular formula is C9H18O4S. The van der Waals surface area contributed by atoms with Gasteiger partial charge < -0.3 is 4.74 Å². The molecule has 84 valence electrons. The van der Waals surface area contributed by atoms with Gasteiger partial charge in [0.25, 0.3) is 10.1 Å². The van der Waals surface area contributed by atoms with E-state index in [2.05, 4.69) is 0 Å². The SMILES string of the molecule is CC(C)(CS(=O)(=O)O)C1CCOCC1. The summed E-state index contributed by atoms with van der Waals surface area (Å²) in [4.78, 5) is 0. The van der Waals surface area contributed by atoms with Crippen molar-refractivity contribution in [3.63, 3.8) is 0 Å². The molecule has 1 heterocycles. The molecule has 0 aromatic carbocycles. The highest BCUT2D eigenvalue weighted by Crippen LogP contribution is 2.35. The highest BCUT2D eigenvalue weighted by atomic mass is 32.2. The third-order valence-electron chi connectivity index (χ3n) is 2.88. The van der Waals surface area contributed by atoms with Gasteiger partial charge in [-0.3, -0.25) is 4.55 Å². The summed E-state index contributed by atoms with van der Waals surface area (Å²) >= 11 is 0. The minimum absolute atomic E-state index is 0.162. The molecule has 0 saturated carbocycles. The maximum atomic E-state index is 10.8. The van der Waals surface area contributed by atoms with Gasteiger partial charge in [0, 0.05) is 13.2 Å². The fourth-order valence-corrected chi connectivity index (χ4v) is 3.24. The van der Waals surface area contributed by atoms with Crippen molar-refractivity contribution in [1.29, 1.82) is 0 Å². The van der Waals surface area contributed by atoms with Crippen LogP contribution in [0.3, 0.4) is 0 Å². The molecule has 0 aromatic heterocycles. The summed E-state index contributed by atoms with van der Waals surface area (Å²) in [7, 11) is -3.87. The summed E-state index contributed by atoms with van der Waals surface area (Å²) in [5.41, 5.74) is -0.364. The fraction of sp³-hybridized carbons (Fsp3) is 1.00. The molecular weight excluding hydrogens is 204 g/mol. The van der Waals surface area contributed by atoms with Crippen molar-refractivity contribution >= 4 is 10.1 Å². The van der Waals surface area contributed by atoms with Gasteiger partial charge in [0.1, 0.15) is 0 Å². The Kier molecular flexibility index (Phi) is 3.55. The molecule has 0 spiro atoms. The van der Waals surface area contributed by atoms with Crippen molar-refractivity contribution < 1.29 is 17.7 Å². The Bertz CT molecular complexity index is 275. The van der Waals surface area contributed by atoms with Crippen LogP contribution in [0.25, 0.3) is 0 Å². The van der Waals surface area contributed by atoms with Gasteiger partial charge >= 0.3 is 0 Å². The van der Waals surface area contributed by atoms with Crippen LogP contribution in [0.1, 0.15) is 26.7 Å². The minimum Gasteiger partial charge on any atom is -0.381 e. The Morgan fingerprint density at radius 1 is 1.36 bits per heavy atom. The zero-order valence-corrected chi connectivity index (χ0v) is 9.51. The lowest BCUT2D eigenvalue weighted by Crippen LogP contribution is -2.35. The number of rotatable bonds is 3. The number of hydrogen-bond donors (Lipinski definition) is 1. The topological polar surface area (TPSA) is 63.6 Å². The van der Waals surface area contributed by atoms with E-state index < -0.39 is 10.1 Å². The first-order chi connectivity index (χ1) is 6.31. The molecule has 0 amide bonds. The number of hydrogen-bond acceptors (Lipinski definition) is 3. The lowest BCUT2D eigenvalue weighted by atomic mass is 9.76. The summed E-state index contributed by atoms with van der Waals surface area (Å²) in [6.07, 6.45) is 1.76. The molecule has 1 fully saturated rings. The zero-order chi connectivity index (χ0) is 10.8. The van der Waals surface area contributed by atoms with Gasteiger partial charge in [0.2, 0.25) is 0 Å². The van der Waals surface area contributed by atoms with Crippen LogP contribution in [0.15, 0.2) is 0 Å². The standard InChI is InChI=1S/C9H18O4S/c1-9(2,7-14(10,11)12)8-3-5-13-6-4-8/h8H,3-7H2,1-2H3,(H,10,11,12). The van der Waals surface area contributed by atoms with E-state index in [1.54, 1.807) is 0 Å². The van der Waals surface area contributed by atoms with Crippen molar-refractivity contribution in [3.8, 4) is 0 Å². The molecule has 1 rings (SSSR count). The maximum absolute atomic E-state index is 10.8. The summed E-state index contributed by atoms with van der Waals surface area (Å²) < 4.78 is 35.7. The van der Waals surface area contributed by atoms with Crippen LogP contribution in [0, 0.1) is 11.3 Å². The van der Waals surface area contributed by atoms with Crippen LogP contribution in [-0.4, -0.2) is 31.9 Å². The lowest BCUT2D eigenvalue weighted by molar-refractivity contribution is 0.0292. The first-order valence-corrected chi connectivity index (χ1v) is 6.45. The summed E-state index contributed by atoms with van der Waals surface area (Å²) in [6, 6.07) is 0. The van der Waals surface area contributed by atoms with Crippen LogP contribution in [0.2, 0.25) is 0 Å². The number of ether oxygens (including phenoxy) is 1. The highest BCUT2D eigenvalue weighted by molar-refractivity contribution is 7.85. The van der Waals surface area contributed by atoms with Crippen LogP contribution < -0.4 is 0 Å². The largest absolute Gasteiger partial charge is 0.381 e. The van der Waals surface area contributed by atoms with Crippen LogP contribution in [0.4, 0.5) is 0 Å². The molecule has 1 aliphatic rings. The average Bonchev–Trinajstić information content (AvgIpc) is 2.01. The van der Waals surface area contributed by atoms with E-state index in [0.29, 0.717) is 19.1 Å². The second-order valence-electron chi connectivity index (χ2n) is 4.60. The molecule has 5 heteroatoms. The monoisotopic (exact) mass is 222 g/mol. The van der Waals surface area contributed by atoms with Gasteiger partial charge in [-0.1, -0.05) is 13.8 Å². The van der Waals surface area contributed by atoms with Crippen LogP contribution in [-0.2, 0) is 14.9 Å². The van der Waals surface area contributed by atoms with E-state index in [9.17, 15) is 8.42 Å². The molecule has 0 atom stereocenters. The quantitative estimate of drug-likeness (QED) is 0.732. The van der Waals surface area contributed by atoms with E-state index in [0.717, 1.165) is 12.8 Å². The Morgan fingerprint density at radius 2 is 1.86 bits per heavy atom. The second-order valence-corrected chi connectivity index (χ2v) is 6.05. The smallest absolute Gasteiger partial charge is 0.265 e. The van der Waals surface area contributed by atoms with Gasteiger partial charge in [0.05, 0.1) is 5.75 Å². The van der Waals surface area contributed by atoms with Gasteiger partial charge in [-0.15, -0.1) is 0 Å². The van der Waals surface area contributed by atoms with E-state index in [-0.39, 0.29) is 11.2 Å². The average molecular weight is 222 g/mol. The van der Waals surface area contributed by atoms with Gasteiger partial charge in [0.15, 0.2) is 0 Å². The van der Waals surface area contributed by atoms with Gasteiger partial charge in [-0.25, -0.2) is 0 Å². The molecule has 0 radical (unpaired) electrons. The highest BCUT2D eigenvalue weighted by Gasteiger charge is 2.34. The van der Waals surface area contributed by atoms with Crippen molar-refractivity contribution in [1.82, 2.24) is 0 Å². The van der Waals surface area contributed by atoms with Crippen LogP contribution in [0.5, 0.6) is 0 Å². The fourth-order valence-electron chi connectivity index (χ4n) is 2.07. The minimum atomic E-state index is -3.87. The summed E-state index contributed by atoms with van der Waals surface area (Å²) in [5, 5.41) is 0. The molecule has 0 aliphatic carbocycles. The Labute approximate surface area is 85.4 Å². The third kappa shape index (κ3) is 3.55. The lowest BCUT2D eigenvalue weighted by Gasteiger charge is -2.35. The zero-order valence-electron chi connectivity index (χ0n) is 8.69. The van der Waals surface area contributed by atoms with E-state index in [1.807, 2.05) is 13.8 Å². The van der Waals surface area contributed by atoms with Crippen molar-refractivity contribution in [2.45, 2.75) is 26.7 Å². The molecule has 14 heavy (non-hydrogen) atoms. The molecule has 1 N–H and O–H groups in total. The molecule has 4 nitrogen and oxygen atoms in total. The predicted molar refractivity (Wildman–Crippen MR) is 53.7 cm³/mol. The van der Waals surface area contributed by atoms with Gasteiger partial charge in [-0.05, 0) is 24.2 Å². The van der Waals surface area contributed by atoms with Gasteiger partial charge in [-0.2, -0.15) is 8.42 Å². The van der Waals surface area contributed by atoms with E-state index in [4.69, 9.17) is 9.29 Å². The van der Waals surface area contributed by atoms with Crippen molar-refractivity contribution in [3.05, 3.63) is 0 Å². The molecule has 0 unspecified atom stereocenters. The third-order valence-corrected chi connectivity index (χ3v) is 3.99. The first-order valence-electron chi connectivity index (χ1n) is 4.84. The Balaban J connectivity index is 2.63. The molecule has 0 aromatic rings. The van der Waals surface area contributed by atoms with Crippen molar-refractivity contribution in [2.75, 3.05) is 19.0 Å². The van der Waals surface area contributed by atoms with E-state index >= 15 is 0 Å². The maximum Gasteiger partial charge on any atom is 0.265 e.